The van der Waals surface area contributed by atoms with Crippen LogP contribution in [0.15, 0.2) is 53.5 Å². The summed E-state index contributed by atoms with van der Waals surface area (Å²) < 4.78 is 41.7. The van der Waals surface area contributed by atoms with Crippen molar-refractivity contribution in [1.82, 2.24) is 9.78 Å². The van der Waals surface area contributed by atoms with Gasteiger partial charge >= 0.3 is 6.36 Å². The second-order valence-corrected chi connectivity index (χ2v) is 4.72. The number of nitrogen functional groups attached to an aromatic ring is 1. The van der Waals surface area contributed by atoms with Gasteiger partial charge in [-0.1, -0.05) is 18.2 Å². The molecule has 0 aliphatic rings. The van der Waals surface area contributed by atoms with E-state index >= 15 is 0 Å². The summed E-state index contributed by atoms with van der Waals surface area (Å²) in [5, 5.41) is 4.77. The molecule has 0 aliphatic carbocycles. The Morgan fingerprint density at radius 3 is 2.61 bits per heavy atom. The van der Waals surface area contributed by atoms with Crippen molar-refractivity contribution in [2.45, 2.75) is 6.36 Å². The van der Waals surface area contributed by atoms with Crippen LogP contribution in [0.2, 0.25) is 0 Å². The molecule has 0 spiro atoms. The van der Waals surface area contributed by atoms with Gasteiger partial charge in [0.1, 0.15) is 5.75 Å². The second-order valence-electron chi connectivity index (χ2n) is 4.72. The average molecular weight is 321 g/mol. The maximum Gasteiger partial charge on any atom is 0.573 e. The standard InChI is InChI=1S/C15H10F3N3O2/c16-15(17,18)23-11-5-2-4-10(7-11)21-14(22)13-9(8-20-21)3-1-6-12(13)19/h1-8H,19H2. The zero-order chi connectivity index (χ0) is 16.6. The van der Waals surface area contributed by atoms with Crippen molar-refractivity contribution < 1.29 is 17.9 Å². The Hall–Kier alpha value is -3.03. The summed E-state index contributed by atoms with van der Waals surface area (Å²) in [6.07, 6.45) is -3.39. The predicted molar refractivity (Wildman–Crippen MR) is 78.4 cm³/mol. The summed E-state index contributed by atoms with van der Waals surface area (Å²) in [6.45, 7) is 0. The molecule has 0 aliphatic heterocycles. The highest BCUT2D eigenvalue weighted by Gasteiger charge is 2.31. The fraction of sp³-hybridized carbons (Fsp3) is 0.0667. The third-order valence-electron chi connectivity index (χ3n) is 3.14. The van der Waals surface area contributed by atoms with Crippen LogP contribution in [0.5, 0.6) is 5.75 Å². The van der Waals surface area contributed by atoms with Crippen molar-refractivity contribution >= 4 is 16.5 Å². The van der Waals surface area contributed by atoms with Crippen molar-refractivity contribution in [2.75, 3.05) is 5.73 Å². The van der Waals surface area contributed by atoms with E-state index in [2.05, 4.69) is 9.84 Å². The number of rotatable bonds is 2. The van der Waals surface area contributed by atoms with Gasteiger partial charge in [0.2, 0.25) is 0 Å². The molecule has 0 saturated heterocycles. The van der Waals surface area contributed by atoms with Crippen molar-refractivity contribution in [3.05, 3.63) is 59.0 Å². The van der Waals surface area contributed by atoms with E-state index in [4.69, 9.17) is 5.73 Å². The normalized spacial score (nSPS) is 11.6. The lowest BCUT2D eigenvalue weighted by atomic mass is 10.1. The summed E-state index contributed by atoms with van der Waals surface area (Å²) in [6, 6.07) is 9.92. The lowest BCUT2D eigenvalue weighted by molar-refractivity contribution is -0.274. The van der Waals surface area contributed by atoms with Gasteiger partial charge in [-0.3, -0.25) is 4.79 Å². The van der Waals surface area contributed by atoms with Crippen LogP contribution in [-0.2, 0) is 0 Å². The van der Waals surface area contributed by atoms with E-state index in [9.17, 15) is 18.0 Å². The van der Waals surface area contributed by atoms with Crippen LogP contribution < -0.4 is 16.0 Å². The number of alkyl halides is 3. The number of hydrogen-bond donors (Lipinski definition) is 1. The molecule has 1 heterocycles. The first-order valence-electron chi connectivity index (χ1n) is 6.48. The van der Waals surface area contributed by atoms with Gasteiger partial charge < -0.3 is 10.5 Å². The van der Waals surface area contributed by atoms with E-state index < -0.39 is 17.7 Å². The summed E-state index contributed by atoms with van der Waals surface area (Å²) >= 11 is 0. The monoisotopic (exact) mass is 321 g/mol. The third kappa shape index (κ3) is 2.96. The minimum atomic E-state index is -4.81. The highest BCUT2D eigenvalue weighted by Crippen LogP contribution is 2.24. The fourth-order valence-corrected chi connectivity index (χ4v) is 2.22. The van der Waals surface area contributed by atoms with Crippen molar-refractivity contribution in [3.8, 4) is 11.4 Å². The molecule has 0 amide bonds. The maximum absolute atomic E-state index is 12.5. The van der Waals surface area contributed by atoms with E-state index in [1.807, 2.05) is 0 Å². The fourth-order valence-electron chi connectivity index (χ4n) is 2.22. The minimum Gasteiger partial charge on any atom is -0.406 e. The number of halogens is 3. The van der Waals surface area contributed by atoms with Crippen molar-refractivity contribution in [2.24, 2.45) is 0 Å². The van der Waals surface area contributed by atoms with Gasteiger partial charge in [-0.15, -0.1) is 13.2 Å². The number of ether oxygens (including phenoxy) is 1. The first-order valence-corrected chi connectivity index (χ1v) is 6.48. The van der Waals surface area contributed by atoms with Crippen LogP contribution in [0.3, 0.4) is 0 Å². The first kappa shape index (κ1) is 14.9. The minimum absolute atomic E-state index is 0.141. The van der Waals surface area contributed by atoms with Gasteiger partial charge in [-0.25, -0.2) is 0 Å². The Labute approximate surface area is 127 Å². The van der Waals surface area contributed by atoms with Crippen LogP contribution >= 0.6 is 0 Å². The zero-order valence-electron chi connectivity index (χ0n) is 11.5. The lowest BCUT2D eigenvalue weighted by Gasteiger charge is -2.11. The molecular weight excluding hydrogens is 311 g/mol. The highest BCUT2D eigenvalue weighted by molar-refractivity contribution is 5.91. The molecule has 3 rings (SSSR count). The van der Waals surface area contributed by atoms with E-state index in [1.165, 1.54) is 18.3 Å². The number of nitrogens with two attached hydrogens (primary N) is 1. The molecule has 0 unspecified atom stereocenters. The lowest BCUT2D eigenvalue weighted by Crippen LogP contribution is -2.22. The summed E-state index contributed by atoms with van der Waals surface area (Å²) in [5.41, 5.74) is 5.69. The molecule has 1 aromatic heterocycles. The van der Waals surface area contributed by atoms with Crippen LogP contribution in [0.25, 0.3) is 16.5 Å². The molecule has 8 heteroatoms. The van der Waals surface area contributed by atoms with Gasteiger partial charge in [0, 0.05) is 17.1 Å². The molecule has 5 nitrogen and oxygen atoms in total. The molecule has 3 aromatic rings. The number of nitrogens with zero attached hydrogens (tertiary/aromatic N) is 2. The molecule has 0 atom stereocenters. The Morgan fingerprint density at radius 1 is 1.13 bits per heavy atom. The van der Waals surface area contributed by atoms with E-state index in [1.54, 1.807) is 18.2 Å². The molecule has 0 saturated carbocycles. The summed E-state index contributed by atoms with van der Waals surface area (Å²) in [4.78, 5) is 12.5. The average Bonchev–Trinajstić information content (AvgIpc) is 2.46. The van der Waals surface area contributed by atoms with Crippen molar-refractivity contribution in [3.63, 3.8) is 0 Å². The van der Waals surface area contributed by atoms with Gasteiger partial charge in [-0.05, 0) is 18.2 Å². The number of benzene rings is 2. The third-order valence-corrected chi connectivity index (χ3v) is 3.14. The molecule has 2 aromatic carbocycles. The van der Waals surface area contributed by atoms with Crippen LogP contribution in [0.4, 0.5) is 18.9 Å². The van der Waals surface area contributed by atoms with Gasteiger partial charge in [0.25, 0.3) is 5.56 Å². The zero-order valence-corrected chi connectivity index (χ0v) is 11.5. The van der Waals surface area contributed by atoms with Crippen LogP contribution in [-0.4, -0.2) is 16.1 Å². The first-order chi connectivity index (χ1) is 10.8. The molecular formula is C15H10F3N3O2. The van der Waals surface area contributed by atoms with E-state index in [0.717, 1.165) is 16.8 Å². The SMILES string of the molecule is Nc1cccc2cnn(-c3cccc(OC(F)(F)F)c3)c(=O)c12. The summed E-state index contributed by atoms with van der Waals surface area (Å²) in [7, 11) is 0. The number of hydrogen-bond acceptors (Lipinski definition) is 4. The Balaban J connectivity index is 2.14. The highest BCUT2D eigenvalue weighted by atomic mass is 19.4. The quantitative estimate of drug-likeness (QED) is 0.737. The number of fused-ring (bicyclic) bond motifs is 1. The maximum atomic E-state index is 12.5. The molecule has 2 N–H and O–H groups in total. The van der Waals surface area contributed by atoms with Crippen LogP contribution in [0.1, 0.15) is 0 Å². The topological polar surface area (TPSA) is 70.1 Å². The molecule has 23 heavy (non-hydrogen) atoms. The van der Waals surface area contributed by atoms with Crippen molar-refractivity contribution in [1.29, 1.82) is 0 Å². The Kier molecular flexibility index (Phi) is 3.44. The smallest absolute Gasteiger partial charge is 0.406 e. The summed E-state index contributed by atoms with van der Waals surface area (Å²) in [5.74, 6) is -0.440. The predicted octanol–water partition coefficient (Wildman–Crippen LogP) is 2.87. The molecule has 0 bridgehead atoms. The van der Waals surface area contributed by atoms with Gasteiger partial charge in [0.05, 0.1) is 17.3 Å². The van der Waals surface area contributed by atoms with Gasteiger partial charge in [-0.2, -0.15) is 9.78 Å². The molecule has 0 fully saturated rings. The largest absolute Gasteiger partial charge is 0.573 e. The molecule has 0 radical (unpaired) electrons. The van der Waals surface area contributed by atoms with Gasteiger partial charge in [0.15, 0.2) is 0 Å². The second kappa shape index (κ2) is 5.31. The number of anilines is 1. The number of aromatic nitrogens is 2. The van der Waals surface area contributed by atoms with E-state index in [0.29, 0.717) is 5.39 Å². The van der Waals surface area contributed by atoms with Crippen LogP contribution in [0, 0.1) is 0 Å². The Bertz CT molecular complexity index is 935. The Morgan fingerprint density at radius 2 is 1.87 bits per heavy atom. The molecule has 118 valence electrons. The van der Waals surface area contributed by atoms with E-state index in [-0.39, 0.29) is 16.8 Å².